The van der Waals surface area contributed by atoms with Crippen LogP contribution in [0.1, 0.15) is 15.9 Å². The lowest BCUT2D eigenvalue weighted by molar-refractivity contribution is -0.577. The minimum absolute atomic E-state index is 0.0633. The summed E-state index contributed by atoms with van der Waals surface area (Å²) in [4.78, 5) is 13.0. The van der Waals surface area contributed by atoms with Gasteiger partial charge in [-0.3, -0.25) is 4.79 Å². The van der Waals surface area contributed by atoms with E-state index >= 15 is 0 Å². The molecule has 0 saturated heterocycles. The van der Waals surface area contributed by atoms with Gasteiger partial charge in [-0.2, -0.15) is 15.1 Å². The number of hydrogen-bond acceptors (Lipinski definition) is 3. The van der Waals surface area contributed by atoms with E-state index in [4.69, 9.17) is 22.3 Å². The van der Waals surface area contributed by atoms with Crippen LogP contribution in [0.3, 0.4) is 0 Å². The summed E-state index contributed by atoms with van der Waals surface area (Å²) in [5.41, 5.74) is 0.369. The molecule has 1 aromatic carbocycles. The molecule has 0 aliphatic heterocycles. The first-order valence-electron chi connectivity index (χ1n) is 7.12. The first-order chi connectivity index (χ1) is 12.0. The van der Waals surface area contributed by atoms with Crippen LogP contribution >= 0.6 is 11.6 Å². The van der Waals surface area contributed by atoms with Crippen molar-refractivity contribution in [1.29, 1.82) is 10.5 Å². The lowest BCUT2D eigenvalue weighted by Gasteiger charge is -2.05. The summed E-state index contributed by atoms with van der Waals surface area (Å²) in [6, 6.07) is 13.2. The van der Waals surface area contributed by atoms with E-state index in [1.54, 1.807) is 42.5 Å². The Morgan fingerprint density at radius 2 is 1.84 bits per heavy atom. The molecule has 1 aromatic heterocycles. The zero-order valence-corrected chi connectivity index (χ0v) is 13.9. The molecule has 2 rings (SSSR count). The maximum atomic E-state index is 13.0. The minimum Gasteiger partial charge on any atom is -0.762 e. The van der Waals surface area contributed by atoms with Crippen LogP contribution in [0.2, 0.25) is 5.02 Å². The van der Waals surface area contributed by atoms with E-state index in [9.17, 15) is 10.1 Å². The van der Waals surface area contributed by atoms with Crippen molar-refractivity contribution in [2.75, 3.05) is 0 Å². The number of carbonyl (C=O) groups is 1. The number of halogens is 1. The molecule has 0 amide bonds. The van der Waals surface area contributed by atoms with Crippen LogP contribution in [-0.4, -0.2) is 11.7 Å². The van der Waals surface area contributed by atoms with E-state index in [0.717, 1.165) is 5.56 Å². The monoisotopic (exact) mass is 346 g/mol. The van der Waals surface area contributed by atoms with Crippen LogP contribution in [0.5, 0.6) is 0 Å². The van der Waals surface area contributed by atoms with Crippen LogP contribution in [0.25, 0.3) is 11.1 Å². The molecule has 0 fully saturated rings. The highest BCUT2D eigenvalue weighted by Gasteiger charge is 2.28. The van der Waals surface area contributed by atoms with Gasteiger partial charge in [-0.1, -0.05) is 11.6 Å². The standard InChI is InChI=1S/C19H11ClN4O/c1-13-3-2-8-24(12-13)18(17(11-23)15(9-21)10-22)19(25)14-4-6-16(20)7-5-14/h2-8,12H,1H3/b18-17+. The fourth-order valence-corrected chi connectivity index (χ4v) is 2.32. The number of benzene rings is 1. The molecular weight excluding hydrogens is 336 g/mol. The fraction of sp³-hybridized carbons (Fsp3) is 0.0526. The van der Waals surface area contributed by atoms with Gasteiger partial charge < -0.3 is 5.41 Å². The third-order valence-electron chi connectivity index (χ3n) is 3.35. The number of carbonyl (C=O) groups excluding carboxylic acids is 1. The van der Waals surface area contributed by atoms with Crippen LogP contribution in [-0.2, 0) is 0 Å². The molecule has 1 heterocycles. The fourth-order valence-electron chi connectivity index (χ4n) is 2.19. The summed E-state index contributed by atoms with van der Waals surface area (Å²) in [6.07, 6.45) is 3.23. The first-order valence-corrected chi connectivity index (χ1v) is 7.50. The van der Waals surface area contributed by atoms with E-state index in [2.05, 4.69) is 0 Å². The van der Waals surface area contributed by atoms with Crippen molar-refractivity contribution in [3.05, 3.63) is 81.5 Å². The van der Waals surface area contributed by atoms with Crippen molar-refractivity contribution in [3.8, 4) is 12.1 Å². The number of nitrogens with zero attached hydrogens (tertiary/aromatic N) is 4. The molecule has 120 valence electrons. The second-order valence-corrected chi connectivity index (χ2v) is 5.50. The van der Waals surface area contributed by atoms with Gasteiger partial charge in [0.1, 0.15) is 12.1 Å². The number of aromatic nitrogens is 1. The molecule has 0 atom stereocenters. The van der Waals surface area contributed by atoms with E-state index in [1.165, 1.54) is 16.7 Å². The van der Waals surface area contributed by atoms with Crippen LogP contribution in [0.4, 0.5) is 0 Å². The van der Waals surface area contributed by atoms with Crippen LogP contribution in [0, 0.1) is 29.6 Å². The number of hydrogen-bond donors (Lipinski definition) is 0. The van der Waals surface area contributed by atoms with Crippen molar-refractivity contribution >= 4 is 29.0 Å². The van der Waals surface area contributed by atoms with Crippen molar-refractivity contribution in [3.63, 3.8) is 0 Å². The molecule has 25 heavy (non-hydrogen) atoms. The number of rotatable bonds is 4. The quantitative estimate of drug-likeness (QED) is 0.212. The average Bonchev–Trinajstić information content (AvgIpc) is 2.62. The topological polar surface area (TPSA) is 90.8 Å². The molecule has 0 unspecified atom stereocenters. The van der Waals surface area contributed by atoms with Gasteiger partial charge in [0, 0.05) is 22.2 Å². The van der Waals surface area contributed by atoms with Crippen molar-refractivity contribution < 1.29 is 9.36 Å². The second-order valence-electron chi connectivity index (χ2n) is 5.06. The number of nitriles is 2. The number of Topliss-reactive ketones (excluding diaryl/α,β-unsaturated/α-hetero) is 1. The highest BCUT2D eigenvalue weighted by molar-refractivity contribution is 6.31. The van der Waals surface area contributed by atoms with Gasteiger partial charge in [-0.15, -0.1) is 0 Å². The molecule has 0 saturated carbocycles. The summed E-state index contributed by atoms with van der Waals surface area (Å²) in [5.74, 6) is 1.18. The van der Waals surface area contributed by atoms with E-state index in [0.29, 0.717) is 5.02 Å². The molecule has 0 bridgehead atoms. The summed E-state index contributed by atoms with van der Waals surface area (Å²) < 4.78 is 1.44. The third kappa shape index (κ3) is 3.88. The molecule has 6 heteroatoms. The van der Waals surface area contributed by atoms with Gasteiger partial charge in [0.2, 0.25) is 0 Å². The Kier molecular flexibility index (Phi) is 5.61. The number of aryl methyl sites for hydroxylation is 1. The van der Waals surface area contributed by atoms with Crippen LogP contribution < -0.4 is 4.57 Å². The molecule has 5 nitrogen and oxygen atoms in total. The van der Waals surface area contributed by atoms with Crippen LogP contribution in [0.15, 0.2) is 59.9 Å². The normalized spacial score (nSPS) is 10.7. The Morgan fingerprint density at radius 1 is 1.16 bits per heavy atom. The summed E-state index contributed by atoms with van der Waals surface area (Å²) >= 11 is 5.85. The molecule has 0 aliphatic carbocycles. The average molecular weight is 347 g/mol. The Bertz CT molecular complexity index is 1000. The highest BCUT2D eigenvalue weighted by atomic mass is 35.5. The number of ketones is 1. The van der Waals surface area contributed by atoms with Crippen molar-refractivity contribution in [2.45, 2.75) is 6.92 Å². The molecule has 0 aliphatic rings. The Labute approximate surface area is 149 Å². The minimum atomic E-state index is -0.494. The first kappa shape index (κ1) is 17.8. The van der Waals surface area contributed by atoms with E-state index < -0.39 is 11.4 Å². The SMILES string of the molecule is Cc1ccc[n+](/C(C(=O)c2ccc(Cl)cc2)=C(\C#N)C(=C=[N-])C#N)c1. The van der Waals surface area contributed by atoms with Gasteiger partial charge in [0.15, 0.2) is 18.0 Å². The maximum absolute atomic E-state index is 13.0. The van der Waals surface area contributed by atoms with Crippen molar-refractivity contribution in [1.82, 2.24) is 0 Å². The predicted molar refractivity (Wildman–Crippen MR) is 93.5 cm³/mol. The zero-order valence-electron chi connectivity index (χ0n) is 13.2. The number of pyridine rings is 1. The second kappa shape index (κ2) is 7.86. The lowest BCUT2D eigenvalue weighted by Crippen LogP contribution is -2.37. The highest BCUT2D eigenvalue weighted by Crippen LogP contribution is 2.19. The van der Waals surface area contributed by atoms with Gasteiger partial charge >= 0.3 is 0 Å². The van der Waals surface area contributed by atoms with Crippen molar-refractivity contribution in [2.24, 2.45) is 0 Å². The molecule has 0 radical (unpaired) electrons. The smallest absolute Gasteiger partial charge is 0.278 e. The molecule has 0 N–H and O–H groups in total. The zero-order chi connectivity index (χ0) is 18.4. The van der Waals surface area contributed by atoms with Gasteiger partial charge in [-0.05, 0) is 37.3 Å². The molecule has 2 aromatic rings. The van der Waals surface area contributed by atoms with E-state index in [1.807, 2.05) is 19.1 Å². The Hall–Kier alpha value is -3.50. The molecular formula is C19H11ClN4O. The molecule has 0 spiro atoms. The van der Waals surface area contributed by atoms with Gasteiger partial charge in [0.05, 0.1) is 5.57 Å². The summed E-state index contributed by atoms with van der Waals surface area (Å²) in [7, 11) is 0. The Balaban J connectivity index is 2.79. The van der Waals surface area contributed by atoms with Gasteiger partial charge in [0.25, 0.3) is 11.5 Å². The summed E-state index contributed by atoms with van der Waals surface area (Å²) in [6.45, 7) is 1.83. The lowest BCUT2D eigenvalue weighted by atomic mass is 10.00. The number of allylic oxidation sites excluding steroid dienone is 3. The van der Waals surface area contributed by atoms with E-state index in [-0.39, 0.29) is 16.8 Å². The largest absolute Gasteiger partial charge is 0.762 e. The predicted octanol–water partition coefficient (Wildman–Crippen LogP) is 3.24. The Morgan fingerprint density at radius 3 is 2.36 bits per heavy atom. The third-order valence-corrected chi connectivity index (χ3v) is 3.60. The summed E-state index contributed by atoms with van der Waals surface area (Å²) in [5, 5.41) is 28.2. The maximum Gasteiger partial charge on any atom is 0.278 e. The van der Waals surface area contributed by atoms with Gasteiger partial charge in [-0.25, -0.2) is 5.87 Å².